The summed E-state index contributed by atoms with van der Waals surface area (Å²) < 4.78 is 10.9. The van der Waals surface area contributed by atoms with E-state index in [0.29, 0.717) is 48.6 Å². The van der Waals surface area contributed by atoms with Crippen LogP contribution in [0.1, 0.15) is 84.5 Å². The van der Waals surface area contributed by atoms with E-state index in [1.54, 1.807) is 29.5 Å². The first-order chi connectivity index (χ1) is 28.5. The van der Waals surface area contributed by atoms with Crippen molar-refractivity contribution < 1.29 is 33.4 Å². The molecule has 0 bridgehead atoms. The van der Waals surface area contributed by atoms with E-state index >= 15 is 0 Å². The number of hydrogen-bond donors (Lipinski definition) is 3. The molecule has 2 aliphatic heterocycles. The van der Waals surface area contributed by atoms with E-state index in [2.05, 4.69) is 30.7 Å². The van der Waals surface area contributed by atoms with E-state index in [1.807, 2.05) is 76.5 Å². The molecule has 2 saturated heterocycles. The monoisotopic (exact) mass is 838 g/mol. The Kier molecular flexibility index (Phi) is 13.5. The van der Waals surface area contributed by atoms with Crippen LogP contribution in [0.5, 0.6) is 5.75 Å². The molecule has 4 atom stereocenters. The van der Waals surface area contributed by atoms with Gasteiger partial charge in [0, 0.05) is 45.3 Å². The molecule has 0 saturated carbocycles. The van der Waals surface area contributed by atoms with Crippen molar-refractivity contribution in [2.24, 2.45) is 11.3 Å². The number of ether oxygens (including phenoxy) is 2. The van der Waals surface area contributed by atoms with Crippen molar-refractivity contribution in [3.63, 3.8) is 0 Å². The van der Waals surface area contributed by atoms with Gasteiger partial charge in [-0.1, -0.05) is 57.2 Å². The molecule has 318 valence electrons. The van der Waals surface area contributed by atoms with Crippen molar-refractivity contribution in [2.75, 3.05) is 30.3 Å². The van der Waals surface area contributed by atoms with Crippen LogP contribution in [0.15, 0.2) is 60.1 Å². The number of nitrogens with two attached hydrogens (primary N) is 1. The second-order valence-electron chi connectivity index (χ2n) is 16.7. The van der Waals surface area contributed by atoms with Crippen LogP contribution in [0.25, 0.3) is 21.7 Å². The summed E-state index contributed by atoms with van der Waals surface area (Å²) in [6.45, 7) is 13.3. The van der Waals surface area contributed by atoms with Crippen LogP contribution in [0, 0.1) is 18.3 Å². The fourth-order valence-electron chi connectivity index (χ4n) is 7.88. The Balaban J connectivity index is 1.09. The van der Waals surface area contributed by atoms with Gasteiger partial charge in [0.2, 0.25) is 17.7 Å². The van der Waals surface area contributed by atoms with E-state index in [-0.39, 0.29) is 49.0 Å². The molecule has 4 aromatic rings. The summed E-state index contributed by atoms with van der Waals surface area (Å²) in [5.41, 5.74) is 12.1. The number of aryl methyl sites for hydroxylation is 1. The molecule has 15 nitrogen and oxygen atoms in total. The first-order valence-electron chi connectivity index (χ1n) is 20.2. The Hall–Kier alpha value is -5.90. The van der Waals surface area contributed by atoms with Crippen LogP contribution in [-0.2, 0) is 28.7 Å². The number of para-hydroxylation sites is 1. The molecule has 2 aromatic carbocycles. The largest absolute Gasteiger partial charge is 0.461 e. The minimum atomic E-state index is -0.951. The van der Waals surface area contributed by atoms with Crippen molar-refractivity contribution in [1.82, 2.24) is 30.7 Å². The summed E-state index contributed by atoms with van der Waals surface area (Å²) in [4.78, 5) is 74.8. The molecule has 4 N–H and O–H groups in total. The predicted molar refractivity (Wildman–Crippen MR) is 229 cm³/mol. The fraction of sp³-hybridized carbons (Fsp3) is 0.455. The summed E-state index contributed by atoms with van der Waals surface area (Å²) in [6, 6.07) is 14.6. The molecule has 2 aromatic heterocycles. The predicted octanol–water partition coefficient (Wildman–Crippen LogP) is 5.63. The van der Waals surface area contributed by atoms with Crippen molar-refractivity contribution in [2.45, 2.75) is 98.4 Å². The van der Waals surface area contributed by atoms with Crippen LogP contribution in [0.2, 0.25) is 0 Å². The van der Waals surface area contributed by atoms with E-state index in [9.17, 15) is 24.0 Å². The molecule has 0 radical (unpaired) electrons. The van der Waals surface area contributed by atoms with Gasteiger partial charge in [-0.05, 0) is 67.3 Å². The first-order valence-corrected chi connectivity index (χ1v) is 21.1. The van der Waals surface area contributed by atoms with Crippen molar-refractivity contribution in [3.8, 4) is 27.4 Å². The minimum absolute atomic E-state index is 0.0265. The number of nitrogens with zero attached hydrogens (tertiary/aromatic N) is 5. The zero-order chi connectivity index (χ0) is 43.3. The third kappa shape index (κ3) is 10.4. The summed E-state index contributed by atoms with van der Waals surface area (Å²) >= 11 is 1.57. The maximum Gasteiger partial charge on any atom is 0.308 e. The average molecular weight is 839 g/mol. The van der Waals surface area contributed by atoms with E-state index < -0.39 is 41.4 Å². The smallest absolute Gasteiger partial charge is 0.308 e. The van der Waals surface area contributed by atoms with Crippen LogP contribution >= 0.6 is 11.3 Å². The fourth-order valence-corrected chi connectivity index (χ4v) is 8.69. The summed E-state index contributed by atoms with van der Waals surface area (Å²) in [7, 11) is 0. The molecule has 3 amide bonds. The second kappa shape index (κ2) is 18.6. The molecule has 0 aliphatic carbocycles. The highest BCUT2D eigenvalue weighted by Gasteiger charge is 2.46. The van der Waals surface area contributed by atoms with E-state index in [4.69, 9.17) is 15.2 Å². The molecular weight excluding hydrogens is 785 g/mol. The summed E-state index contributed by atoms with van der Waals surface area (Å²) in [5, 5.41) is 14.5. The highest BCUT2D eigenvalue weighted by atomic mass is 32.1. The molecule has 16 heteroatoms. The molecule has 4 heterocycles. The number of aromatic nitrogens is 3. The first kappa shape index (κ1) is 43.7. The number of likely N-dealkylation sites (tertiary alicyclic amines) is 1. The molecule has 0 spiro atoms. The molecule has 60 heavy (non-hydrogen) atoms. The normalized spacial score (nSPS) is 18.1. The van der Waals surface area contributed by atoms with Gasteiger partial charge in [0.25, 0.3) is 0 Å². The number of nitrogens with one attached hydrogen (secondary N) is 2. The Morgan fingerprint density at radius 2 is 1.67 bits per heavy atom. The number of thiazole rings is 1. The molecular formula is C44H54N8O7S. The van der Waals surface area contributed by atoms with Gasteiger partial charge in [-0.3, -0.25) is 24.0 Å². The van der Waals surface area contributed by atoms with Gasteiger partial charge in [-0.15, -0.1) is 21.5 Å². The maximum absolute atomic E-state index is 14.5. The number of anilines is 2. The highest BCUT2D eigenvalue weighted by molar-refractivity contribution is 7.13. The third-order valence-corrected chi connectivity index (χ3v) is 12.0. The Labute approximate surface area is 354 Å². The lowest BCUT2D eigenvalue weighted by Gasteiger charge is -2.36. The van der Waals surface area contributed by atoms with Gasteiger partial charge >= 0.3 is 11.9 Å². The zero-order valence-electron chi connectivity index (χ0n) is 35.2. The molecule has 2 fully saturated rings. The van der Waals surface area contributed by atoms with Gasteiger partial charge in [-0.25, -0.2) is 4.98 Å². The Morgan fingerprint density at radius 1 is 0.967 bits per heavy atom. The van der Waals surface area contributed by atoms with Crippen LogP contribution in [0.3, 0.4) is 0 Å². The van der Waals surface area contributed by atoms with Gasteiger partial charge in [0.15, 0.2) is 5.82 Å². The Morgan fingerprint density at radius 3 is 2.30 bits per heavy atom. The van der Waals surface area contributed by atoms with Crippen molar-refractivity contribution in [3.05, 3.63) is 71.4 Å². The third-order valence-electron chi connectivity index (χ3n) is 11.0. The SMILES string of the molecule is CC(=O)Oc1ccccc1-c1cc(N2CCC(CC(=O)NC(C(=O)N3C[C@H](OC(C)=O)C[C@H]3C(=O)N[C@@H](C)c3ccc(-c4scnc4C)cc3)C(C)(C)C)CC2)c(N)nn1. The topological polar surface area (TPSA) is 199 Å². The maximum atomic E-state index is 14.5. The standard InChI is InChI=1S/C44H54N8O7S/c1-25(30-12-14-31(15-13-30)39-26(2)46-24-60-39)47-42(56)36-21-32(58-27(3)53)23-52(36)43(57)40(44(5,6)7)48-38(55)20-29-16-18-51(19-17-29)35-22-34(49-50-41(35)45)33-10-8-9-11-37(33)59-28(4)54/h8-15,22,24-25,29,32,36,40H,16-21,23H2,1-7H3,(H2,45,50)(H,47,56)(H,48,55)/t25-,32+,36-,40?/m0/s1. The molecule has 6 rings (SSSR count). The number of carbonyl (C=O) groups is 5. The molecule has 2 aliphatic rings. The van der Waals surface area contributed by atoms with E-state index in [1.165, 1.54) is 18.7 Å². The number of piperidine rings is 1. The van der Waals surface area contributed by atoms with Gasteiger partial charge in [0.05, 0.1) is 40.0 Å². The number of carbonyl (C=O) groups excluding carboxylic acids is 5. The number of esters is 2. The number of rotatable bonds is 12. The highest BCUT2D eigenvalue weighted by Crippen LogP contribution is 2.35. The van der Waals surface area contributed by atoms with Crippen LogP contribution in [0.4, 0.5) is 11.5 Å². The van der Waals surface area contributed by atoms with Gasteiger partial charge in [0.1, 0.15) is 23.9 Å². The van der Waals surface area contributed by atoms with E-state index in [0.717, 1.165) is 21.7 Å². The number of nitrogen functional groups attached to an aromatic ring is 1. The minimum Gasteiger partial charge on any atom is -0.461 e. The summed E-state index contributed by atoms with van der Waals surface area (Å²) in [6.07, 6.45) is 1.04. The lowest BCUT2D eigenvalue weighted by molar-refractivity contribution is -0.147. The number of hydrogen-bond acceptors (Lipinski definition) is 13. The zero-order valence-corrected chi connectivity index (χ0v) is 36.0. The van der Waals surface area contributed by atoms with Crippen LogP contribution in [-0.4, -0.2) is 87.6 Å². The number of benzene rings is 2. The second-order valence-corrected chi connectivity index (χ2v) is 17.5. The number of amides is 3. The van der Waals surface area contributed by atoms with Gasteiger partial charge < -0.3 is 35.6 Å². The van der Waals surface area contributed by atoms with Gasteiger partial charge in [-0.2, -0.15) is 0 Å². The van der Waals surface area contributed by atoms with Crippen molar-refractivity contribution >= 4 is 52.5 Å². The lowest BCUT2D eigenvalue weighted by Crippen LogP contribution is -2.58. The van der Waals surface area contributed by atoms with Crippen molar-refractivity contribution in [1.29, 1.82) is 0 Å². The average Bonchev–Trinajstić information content (AvgIpc) is 3.83. The van der Waals surface area contributed by atoms with Crippen LogP contribution < -0.4 is 26.0 Å². The summed E-state index contributed by atoms with van der Waals surface area (Å²) in [5.74, 6) is -1.32. The Bertz CT molecular complexity index is 2210. The quantitative estimate of drug-likeness (QED) is 0.118. The molecule has 1 unspecified atom stereocenters. The lowest BCUT2D eigenvalue weighted by atomic mass is 9.85.